The Morgan fingerprint density at radius 2 is 1.56 bits per heavy atom. The fraction of sp³-hybridized carbons (Fsp3) is 0.818. The quantitative estimate of drug-likeness (QED) is 0.416. The highest BCUT2D eigenvalue weighted by Gasteiger charge is 2.22. The highest BCUT2D eigenvalue weighted by Crippen LogP contribution is 2.03. The maximum atomic E-state index is 9.78. The molecule has 0 aromatic carbocycles. The van der Waals surface area contributed by atoms with Gasteiger partial charge in [0.15, 0.2) is 0 Å². The Kier molecular flexibility index (Phi) is 9.46. The highest BCUT2D eigenvalue weighted by molar-refractivity contribution is 4.76. The van der Waals surface area contributed by atoms with Gasteiger partial charge in [-0.1, -0.05) is 6.08 Å². The molecular weight excluding hydrogens is 210 g/mol. The van der Waals surface area contributed by atoms with E-state index in [4.69, 9.17) is 9.47 Å². The monoisotopic (exact) mass is 233 g/mol. The maximum absolute atomic E-state index is 9.78. The van der Waals surface area contributed by atoms with Gasteiger partial charge < -0.3 is 19.7 Å². The minimum Gasteiger partial charge on any atom is -0.378 e. The van der Waals surface area contributed by atoms with Gasteiger partial charge in [0.25, 0.3) is 0 Å². The van der Waals surface area contributed by atoms with E-state index in [1.807, 2.05) is 13.8 Å². The lowest BCUT2D eigenvalue weighted by Gasteiger charge is -2.30. The van der Waals surface area contributed by atoms with Crippen LogP contribution in [0.3, 0.4) is 0 Å². The van der Waals surface area contributed by atoms with Crippen molar-refractivity contribution in [3.8, 4) is 0 Å². The zero-order chi connectivity index (χ0) is 12.4. The van der Waals surface area contributed by atoms with Gasteiger partial charge in [0.1, 0.15) is 12.5 Å². The van der Waals surface area contributed by atoms with Gasteiger partial charge in [-0.25, -0.2) is 4.90 Å². The maximum Gasteiger partial charge on any atom is 0.133 e. The predicted molar refractivity (Wildman–Crippen MR) is 61.9 cm³/mol. The molecule has 0 heterocycles. The molecule has 0 fully saturated rings. The second-order valence-corrected chi connectivity index (χ2v) is 3.27. The van der Waals surface area contributed by atoms with Crippen LogP contribution in [-0.4, -0.2) is 60.5 Å². The summed E-state index contributed by atoms with van der Waals surface area (Å²) < 4.78 is 10.2. The van der Waals surface area contributed by atoms with Gasteiger partial charge in [0.2, 0.25) is 0 Å². The predicted octanol–water partition coefficient (Wildman–Crippen LogP) is 0.184. The normalized spacial score (nSPS) is 15.1. The van der Waals surface area contributed by atoms with Crippen LogP contribution >= 0.6 is 0 Å². The molecule has 0 bridgehead atoms. The van der Waals surface area contributed by atoms with Gasteiger partial charge in [-0.2, -0.15) is 0 Å². The Morgan fingerprint density at radius 1 is 1.12 bits per heavy atom. The van der Waals surface area contributed by atoms with Crippen LogP contribution in [0, 0.1) is 0 Å². The first-order valence-electron chi connectivity index (χ1n) is 5.55. The van der Waals surface area contributed by atoms with Crippen LogP contribution in [0.25, 0.3) is 0 Å². The fourth-order valence-corrected chi connectivity index (χ4v) is 1.23. The summed E-state index contributed by atoms with van der Waals surface area (Å²) in [7, 11) is 0. The van der Waals surface area contributed by atoms with Gasteiger partial charge in [-0.15, -0.1) is 6.58 Å². The van der Waals surface area contributed by atoms with Crippen LogP contribution in [0.15, 0.2) is 12.7 Å². The molecule has 0 rings (SSSR count). The van der Waals surface area contributed by atoms with Gasteiger partial charge >= 0.3 is 0 Å². The summed E-state index contributed by atoms with van der Waals surface area (Å²) in [5.74, 6) is 0. The van der Waals surface area contributed by atoms with Crippen molar-refractivity contribution in [3.63, 3.8) is 0 Å². The summed E-state index contributed by atoms with van der Waals surface area (Å²) in [4.78, 5) is 1.47. The second-order valence-electron chi connectivity index (χ2n) is 3.27. The molecular formula is C11H23NO4. The molecule has 96 valence electrons. The van der Waals surface area contributed by atoms with Crippen LogP contribution in [0.1, 0.15) is 13.8 Å². The van der Waals surface area contributed by atoms with Crippen molar-refractivity contribution in [2.45, 2.75) is 26.3 Å². The molecule has 2 atom stereocenters. The lowest BCUT2D eigenvalue weighted by atomic mass is 10.4. The average Bonchev–Trinajstić information content (AvgIpc) is 2.29. The number of hydrogen-bond acceptors (Lipinski definition) is 5. The third kappa shape index (κ3) is 6.19. The summed E-state index contributed by atoms with van der Waals surface area (Å²) in [6.45, 7) is 9.03. The van der Waals surface area contributed by atoms with Crippen molar-refractivity contribution in [1.82, 2.24) is 4.90 Å². The first kappa shape index (κ1) is 15.5. The van der Waals surface area contributed by atoms with Crippen LogP contribution in [-0.2, 0) is 9.47 Å². The van der Waals surface area contributed by atoms with Crippen molar-refractivity contribution < 1.29 is 19.7 Å². The minimum absolute atomic E-state index is 0.160. The zero-order valence-electron chi connectivity index (χ0n) is 10.1. The number of nitrogens with zero attached hydrogens (tertiary/aromatic N) is 1. The Bertz CT molecular complexity index is 163. The molecule has 2 unspecified atom stereocenters. The van der Waals surface area contributed by atoms with Crippen LogP contribution in [0.4, 0.5) is 0 Å². The van der Waals surface area contributed by atoms with Gasteiger partial charge in [0.05, 0.1) is 13.2 Å². The molecule has 0 amide bonds. The molecule has 0 aliphatic heterocycles. The smallest absolute Gasteiger partial charge is 0.133 e. The van der Waals surface area contributed by atoms with E-state index >= 15 is 0 Å². The molecule has 0 saturated carbocycles. The van der Waals surface area contributed by atoms with E-state index in [0.29, 0.717) is 19.8 Å². The molecule has 0 aliphatic carbocycles. The van der Waals surface area contributed by atoms with Gasteiger partial charge in [-0.3, -0.25) is 0 Å². The Labute approximate surface area is 97.3 Å². The van der Waals surface area contributed by atoms with E-state index in [1.54, 1.807) is 6.08 Å². The first-order valence-corrected chi connectivity index (χ1v) is 5.55. The first-order chi connectivity index (χ1) is 7.67. The third-order valence-corrected chi connectivity index (χ3v) is 2.05. The lowest BCUT2D eigenvalue weighted by Crippen LogP contribution is -2.47. The summed E-state index contributed by atoms with van der Waals surface area (Å²) in [5, 5.41) is 19.6. The van der Waals surface area contributed by atoms with Crippen molar-refractivity contribution in [2.24, 2.45) is 0 Å². The van der Waals surface area contributed by atoms with Crippen LogP contribution in [0.5, 0.6) is 0 Å². The number of rotatable bonds is 10. The minimum atomic E-state index is -0.853. The molecule has 0 aromatic rings. The molecule has 5 nitrogen and oxygen atoms in total. The van der Waals surface area contributed by atoms with Crippen LogP contribution in [0.2, 0.25) is 0 Å². The Hall–Kier alpha value is -0.460. The molecule has 5 heteroatoms. The van der Waals surface area contributed by atoms with E-state index in [1.165, 1.54) is 4.90 Å². The standard InChI is InChI=1S/C11H23NO4/c1-4-7-12(10(13)8-15-5-2)11(14)9-16-6-3/h4,10-11,13-14H,1,5-9H2,2-3H3. The average molecular weight is 233 g/mol. The van der Waals surface area contributed by atoms with Crippen LogP contribution < -0.4 is 0 Å². The summed E-state index contributed by atoms with van der Waals surface area (Å²) in [6, 6.07) is 0. The van der Waals surface area contributed by atoms with Crippen molar-refractivity contribution >= 4 is 0 Å². The molecule has 0 saturated heterocycles. The summed E-state index contributed by atoms with van der Waals surface area (Å²) in [5.41, 5.74) is 0. The number of aliphatic hydroxyl groups excluding tert-OH is 2. The van der Waals surface area contributed by atoms with E-state index in [-0.39, 0.29) is 13.2 Å². The Balaban J connectivity index is 4.15. The topological polar surface area (TPSA) is 62.2 Å². The molecule has 0 aliphatic rings. The van der Waals surface area contributed by atoms with Gasteiger partial charge in [0, 0.05) is 19.8 Å². The van der Waals surface area contributed by atoms with E-state index in [0.717, 1.165) is 0 Å². The largest absolute Gasteiger partial charge is 0.378 e. The zero-order valence-corrected chi connectivity index (χ0v) is 10.1. The van der Waals surface area contributed by atoms with Gasteiger partial charge in [-0.05, 0) is 13.8 Å². The number of ether oxygens (including phenoxy) is 2. The highest BCUT2D eigenvalue weighted by atomic mass is 16.5. The molecule has 16 heavy (non-hydrogen) atoms. The SMILES string of the molecule is C=CCN(C(O)COCC)C(O)COCC. The Morgan fingerprint density at radius 3 is 1.88 bits per heavy atom. The summed E-state index contributed by atoms with van der Waals surface area (Å²) in [6.07, 6.45) is -0.0912. The fourth-order valence-electron chi connectivity index (χ4n) is 1.23. The molecule has 0 spiro atoms. The molecule has 0 aromatic heterocycles. The molecule has 2 N–H and O–H groups in total. The second kappa shape index (κ2) is 9.74. The molecule has 0 radical (unpaired) electrons. The van der Waals surface area contributed by atoms with E-state index < -0.39 is 12.5 Å². The van der Waals surface area contributed by atoms with E-state index in [2.05, 4.69) is 6.58 Å². The number of aliphatic hydroxyl groups is 2. The third-order valence-electron chi connectivity index (χ3n) is 2.05. The van der Waals surface area contributed by atoms with Crippen molar-refractivity contribution in [2.75, 3.05) is 33.0 Å². The number of hydrogen-bond donors (Lipinski definition) is 2. The lowest BCUT2D eigenvalue weighted by molar-refractivity contribution is -0.142. The summed E-state index contributed by atoms with van der Waals surface area (Å²) >= 11 is 0. The van der Waals surface area contributed by atoms with Crippen molar-refractivity contribution in [3.05, 3.63) is 12.7 Å². The van der Waals surface area contributed by atoms with E-state index in [9.17, 15) is 10.2 Å². The van der Waals surface area contributed by atoms with Crippen molar-refractivity contribution in [1.29, 1.82) is 0 Å².